The molecule has 3 aromatic rings. The number of nitrogen functional groups attached to an aromatic ring is 1. The maximum atomic E-state index is 5.96. The third-order valence-corrected chi connectivity index (χ3v) is 4.56. The number of nitrogens with one attached hydrogen (secondary N) is 1. The summed E-state index contributed by atoms with van der Waals surface area (Å²) in [5.74, 6) is 2.00. The van der Waals surface area contributed by atoms with Crippen LogP contribution in [0.15, 0.2) is 24.5 Å². The van der Waals surface area contributed by atoms with E-state index in [0.717, 1.165) is 25.9 Å². The van der Waals surface area contributed by atoms with Crippen molar-refractivity contribution in [3.63, 3.8) is 0 Å². The van der Waals surface area contributed by atoms with Crippen molar-refractivity contribution in [1.82, 2.24) is 19.5 Å². The summed E-state index contributed by atoms with van der Waals surface area (Å²) in [6, 6.07) is 5.46. The van der Waals surface area contributed by atoms with Gasteiger partial charge < -0.3 is 25.3 Å². The van der Waals surface area contributed by atoms with Crippen LogP contribution in [0.25, 0.3) is 11.2 Å². The van der Waals surface area contributed by atoms with Crippen molar-refractivity contribution < 1.29 is 14.2 Å². The van der Waals surface area contributed by atoms with E-state index in [1.165, 1.54) is 0 Å². The molecule has 1 aliphatic heterocycles. The fraction of sp³-hybridized carbons (Fsp3) is 0.389. The molecule has 1 aliphatic rings. The van der Waals surface area contributed by atoms with Crippen LogP contribution < -0.4 is 20.5 Å². The lowest BCUT2D eigenvalue weighted by Gasteiger charge is -2.23. The smallest absolute Gasteiger partial charge is 0.224 e. The number of anilines is 3. The van der Waals surface area contributed by atoms with Crippen molar-refractivity contribution in [1.29, 1.82) is 0 Å². The molecule has 4 rings (SSSR count). The summed E-state index contributed by atoms with van der Waals surface area (Å²) < 4.78 is 18.5. The van der Waals surface area contributed by atoms with Crippen molar-refractivity contribution in [3.05, 3.63) is 24.5 Å². The minimum Gasteiger partial charge on any atom is -0.497 e. The molecule has 0 saturated carbocycles. The molecule has 3 heterocycles. The summed E-state index contributed by atoms with van der Waals surface area (Å²) in [5.41, 5.74) is 7.91. The van der Waals surface area contributed by atoms with Crippen LogP contribution in [0.1, 0.15) is 25.5 Å². The summed E-state index contributed by atoms with van der Waals surface area (Å²) in [7, 11) is 3.21. The van der Waals surface area contributed by atoms with Gasteiger partial charge in [-0.2, -0.15) is 9.97 Å². The first-order valence-corrected chi connectivity index (χ1v) is 8.80. The van der Waals surface area contributed by atoms with Gasteiger partial charge in [-0.25, -0.2) is 4.98 Å². The summed E-state index contributed by atoms with van der Waals surface area (Å²) >= 11 is 0. The largest absolute Gasteiger partial charge is 0.497 e. The van der Waals surface area contributed by atoms with Crippen LogP contribution in [-0.4, -0.2) is 40.3 Å². The second-order valence-corrected chi connectivity index (χ2v) is 6.27. The van der Waals surface area contributed by atoms with E-state index in [0.29, 0.717) is 34.2 Å². The van der Waals surface area contributed by atoms with Crippen molar-refractivity contribution in [3.8, 4) is 11.5 Å². The number of imidazole rings is 1. The normalized spacial score (nSPS) is 17.0. The van der Waals surface area contributed by atoms with E-state index in [1.54, 1.807) is 20.5 Å². The van der Waals surface area contributed by atoms with Crippen LogP contribution in [0, 0.1) is 0 Å². The average Bonchev–Trinajstić information content (AvgIpc) is 3.12. The number of nitrogens with two attached hydrogens (primary N) is 1. The lowest BCUT2D eigenvalue weighted by molar-refractivity contribution is -0.0298. The van der Waals surface area contributed by atoms with Gasteiger partial charge in [-0.05, 0) is 31.4 Å². The van der Waals surface area contributed by atoms with Gasteiger partial charge in [-0.3, -0.25) is 4.57 Å². The number of hydrogen-bond acceptors (Lipinski definition) is 8. The molecule has 1 aromatic carbocycles. The highest BCUT2D eigenvalue weighted by molar-refractivity contribution is 5.87. The number of fused-ring (bicyclic) bond motifs is 1. The first kappa shape index (κ1) is 17.3. The maximum absolute atomic E-state index is 5.96. The molecular weight excluding hydrogens is 348 g/mol. The zero-order valence-corrected chi connectivity index (χ0v) is 15.3. The standard InChI is InChI=1S/C18H22N6O3/c1-25-11-6-7-13(26-2)12(9-11)21-16-15-17(23-18(19)22-16)24(10-20-15)14-5-3-4-8-27-14/h6-7,9-10,14H,3-5,8H2,1-2H3,(H3,19,21,22,23). The second kappa shape index (κ2) is 7.28. The van der Waals surface area contributed by atoms with E-state index in [1.807, 2.05) is 22.8 Å². The predicted octanol–water partition coefficient (Wildman–Crippen LogP) is 2.87. The Bertz CT molecular complexity index is 952. The van der Waals surface area contributed by atoms with Gasteiger partial charge in [0.2, 0.25) is 5.95 Å². The lowest BCUT2D eigenvalue weighted by atomic mass is 10.2. The molecule has 2 aromatic heterocycles. The number of rotatable bonds is 5. The van der Waals surface area contributed by atoms with Crippen molar-refractivity contribution in [2.75, 3.05) is 31.9 Å². The molecular formula is C18H22N6O3. The third kappa shape index (κ3) is 3.33. The van der Waals surface area contributed by atoms with Gasteiger partial charge in [0.1, 0.15) is 17.7 Å². The minimum absolute atomic E-state index is 0.0859. The van der Waals surface area contributed by atoms with E-state index in [9.17, 15) is 0 Å². The Kier molecular flexibility index (Phi) is 4.68. The van der Waals surface area contributed by atoms with Gasteiger partial charge in [0.05, 0.1) is 26.2 Å². The number of ether oxygens (including phenoxy) is 3. The minimum atomic E-state index is -0.0859. The van der Waals surface area contributed by atoms with Crippen molar-refractivity contribution in [2.24, 2.45) is 0 Å². The highest BCUT2D eigenvalue weighted by Gasteiger charge is 2.21. The van der Waals surface area contributed by atoms with Crippen LogP contribution >= 0.6 is 0 Å². The molecule has 142 valence electrons. The molecule has 1 saturated heterocycles. The topological polar surface area (TPSA) is 109 Å². The van der Waals surface area contributed by atoms with Gasteiger partial charge in [-0.1, -0.05) is 0 Å². The van der Waals surface area contributed by atoms with E-state index in [-0.39, 0.29) is 12.2 Å². The molecule has 1 unspecified atom stereocenters. The molecule has 0 spiro atoms. The molecule has 1 atom stereocenters. The van der Waals surface area contributed by atoms with Gasteiger partial charge in [0.15, 0.2) is 17.0 Å². The van der Waals surface area contributed by atoms with E-state index >= 15 is 0 Å². The molecule has 0 aliphatic carbocycles. The van der Waals surface area contributed by atoms with Crippen LogP contribution in [0.3, 0.4) is 0 Å². The molecule has 0 amide bonds. The predicted molar refractivity (Wildman–Crippen MR) is 101 cm³/mol. The highest BCUT2D eigenvalue weighted by atomic mass is 16.5. The van der Waals surface area contributed by atoms with Gasteiger partial charge in [-0.15, -0.1) is 0 Å². The van der Waals surface area contributed by atoms with Crippen LogP contribution in [0.5, 0.6) is 11.5 Å². The molecule has 0 radical (unpaired) electrons. The monoisotopic (exact) mass is 370 g/mol. The molecule has 0 bridgehead atoms. The summed E-state index contributed by atoms with van der Waals surface area (Å²) in [4.78, 5) is 13.2. The zero-order valence-electron chi connectivity index (χ0n) is 15.3. The molecule has 3 N–H and O–H groups in total. The van der Waals surface area contributed by atoms with Gasteiger partial charge >= 0.3 is 0 Å². The number of benzene rings is 1. The Labute approximate surface area is 156 Å². The molecule has 9 heteroatoms. The summed E-state index contributed by atoms with van der Waals surface area (Å²) in [6.45, 7) is 0.733. The SMILES string of the molecule is COc1ccc(OC)c(Nc2nc(N)nc3c2ncn3C2CCCCO2)c1. The Morgan fingerprint density at radius 2 is 2.11 bits per heavy atom. The van der Waals surface area contributed by atoms with Gasteiger partial charge in [0, 0.05) is 12.7 Å². The van der Waals surface area contributed by atoms with E-state index in [2.05, 4.69) is 20.3 Å². The fourth-order valence-electron chi connectivity index (χ4n) is 3.21. The first-order valence-electron chi connectivity index (χ1n) is 8.80. The zero-order chi connectivity index (χ0) is 18.8. The number of hydrogen-bond donors (Lipinski definition) is 2. The van der Waals surface area contributed by atoms with Crippen LogP contribution in [0.2, 0.25) is 0 Å². The van der Waals surface area contributed by atoms with Crippen molar-refractivity contribution in [2.45, 2.75) is 25.5 Å². The maximum Gasteiger partial charge on any atom is 0.224 e. The Balaban J connectivity index is 1.75. The van der Waals surface area contributed by atoms with Crippen molar-refractivity contribution >= 4 is 28.6 Å². The quantitative estimate of drug-likeness (QED) is 0.705. The van der Waals surface area contributed by atoms with Gasteiger partial charge in [0.25, 0.3) is 0 Å². The molecule has 9 nitrogen and oxygen atoms in total. The average molecular weight is 370 g/mol. The number of nitrogens with zero attached hydrogens (tertiary/aromatic N) is 4. The number of aromatic nitrogens is 4. The lowest BCUT2D eigenvalue weighted by Crippen LogP contribution is -2.18. The Hall–Kier alpha value is -3.07. The van der Waals surface area contributed by atoms with E-state index < -0.39 is 0 Å². The first-order chi connectivity index (χ1) is 13.2. The highest BCUT2D eigenvalue weighted by Crippen LogP contribution is 2.34. The second-order valence-electron chi connectivity index (χ2n) is 6.27. The van der Waals surface area contributed by atoms with E-state index in [4.69, 9.17) is 19.9 Å². The van der Waals surface area contributed by atoms with Crippen LogP contribution in [0.4, 0.5) is 17.5 Å². The molecule has 27 heavy (non-hydrogen) atoms. The summed E-state index contributed by atoms with van der Waals surface area (Å²) in [5, 5.41) is 3.25. The molecule has 1 fully saturated rings. The fourth-order valence-corrected chi connectivity index (χ4v) is 3.21. The van der Waals surface area contributed by atoms with Crippen LogP contribution in [-0.2, 0) is 4.74 Å². The Morgan fingerprint density at radius 1 is 1.22 bits per heavy atom. The number of methoxy groups -OCH3 is 2. The Morgan fingerprint density at radius 3 is 2.85 bits per heavy atom. The third-order valence-electron chi connectivity index (χ3n) is 4.56. The summed E-state index contributed by atoms with van der Waals surface area (Å²) in [6.07, 6.45) is 4.74.